The minimum atomic E-state index is -0.607. The smallest absolute Gasteiger partial charge is 0.223 e. The summed E-state index contributed by atoms with van der Waals surface area (Å²) in [6.45, 7) is 2.92. The summed E-state index contributed by atoms with van der Waals surface area (Å²) in [7, 11) is 0. The van der Waals surface area contributed by atoms with Gasteiger partial charge in [0.05, 0.1) is 0 Å². The monoisotopic (exact) mass is 301 g/mol. The zero-order chi connectivity index (χ0) is 15.7. The number of hydrogen-bond acceptors (Lipinski definition) is 2. The van der Waals surface area contributed by atoms with Crippen LogP contribution in [0.3, 0.4) is 0 Å². The highest BCUT2D eigenvalue weighted by Gasteiger charge is 2.31. The van der Waals surface area contributed by atoms with E-state index >= 15 is 0 Å². The molecule has 1 saturated heterocycles. The van der Waals surface area contributed by atoms with E-state index in [-0.39, 0.29) is 18.2 Å². The van der Waals surface area contributed by atoms with Crippen molar-refractivity contribution >= 4 is 5.91 Å². The molecule has 1 fully saturated rings. The van der Waals surface area contributed by atoms with E-state index in [0.29, 0.717) is 18.7 Å². The summed E-state index contributed by atoms with van der Waals surface area (Å²) in [5, 5.41) is 0. The third kappa shape index (κ3) is 2.98. The van der Waals surface area contributed by atoms with E-state index in [1.165, 1.54) is 12.1 Å². The maximum atomic E-state index is 13.3. The Morgan fingerprint density at radius 1 is 1.27 bits per heavy atom. The van der Waals surface area contributed by atoms with E-state index in [9.17, 15) is 13.6 Å². The molecule has 3 nitrogen and oxygen atoms in total. The van der Waals surface area contributed by atoms with Crippen molar-refractivity contribution in [1.29, 1.82) is 0 Å². The Balaban J connectivity index is 1.77. The van der Waals surface area contributed by atoms with Crippen LogP contribution in [0, 0.1) is 18.6 Å². The molecule has 2 aromatic rings. The van der Waals surface area contributed by atoms with Gasteiger partial charge in [0.25, 0.3) is 0 Å². The van der Waals surface area contributed by atoms with Crippen molar-refractivity contribution in [2.75, 3.05) is 6.54 Å². The van der Waals surface area contributed by atoms with Crippen molar-refractivity contribution in [2.45, 2.75) is 25.8 Å². The first-order chi connectivity index (χ1) is 10.5. The Labute approximate surface area is 127 Å². The molecule has 1 aromatic carbocycles. The SMILES string of the molecule is Cc1ccncc1CN1C[C@@H](c2cc(F)cc([18F])c2)CC1=O. The first kappa shape index (κ1) is 14.6. The predicted octanol–water partition coefficient (Wildman–Crippen LogP) is 3.18. The minimum absolute atomic E-state index is 0.00192. The molecule has 1 aliphatic rings. The molecule has 0 spiro atoms. The fourth-order valence-corrected chi connectivity index (χ4v) is 2.83. The molecule has 1 aromatic heterocycles. The lowest BCUT2D eigenvalue weighted by Crippen LogP contribution is -2.24. The fraction of sp³-hybridized carbons (Fsp3) is 0.294. The first-order valence-corrected chi connectivity index (χ1v) is 7.16. The average Bonchev–Trinajstić information content (AvgIpc) is 2.82. The quantitative estimate of drug-likeness (QED) is 0.872. The summed E-state index contributed by atoms with van der Waals surface area (Å²) < 4.78 is 26.7. The molecule has 1 atom stereocenters. The fourth-order valence-electron chi connectivity index (χ4n) is 2.83. The Morgan fingerprint density at radius 2 is 2.00 bits per heavy atom. The highest BCUT2D eigenvalue weighted by molar-refractivity contribution is 5.79. The number of halogens is 2. The molecule has 0 aliphatic carbocycles. The van der Waals surface area contributed by atoms with E-state index in [4.69, 9.17) is 0 Å². The van der Waals surface area contributed by atoms with Crippen LogP contribution in [0.5, 0.6) is 0 Å². The number of likely N-dealkylation sites (tertiary alicyclic amines) is 1. The molecule has 0 bridgehead atoms. The number of amides is 1. The van der Waals surface area contributed by atoms with Gasteiger partial charge in [-0.3, -0.25) is 9.78 Å². The summed E-state index contributed by atoms with van der Waals surface area (Å²) >= 11 is 0. The average molecular weight is 301 g/mol. The van der Waals surface area contributed by atoms with Gasteiger partial charge in [-0.2, -0.15) is 0 Å². The van der Waals surface area contributed by atoms with Gasteiger partial charge in [-0.15, -0.1) is 0 Å². The van der Waals surface area contributed by atoms with Crippen LogP contribution < -0.4 is 0 Å². The Kier molecular flexibility index (Phi) is 3.88. The van der Waals surface area contributed by atoms with Crippen LogP contribution in [0.15, 0.2) is 36.7 Å². The van der Waals surface area contributed by atoms with Crippen LogP contribution in [0.4, 0.5) is 8.78 Å². The zero-order valence-electron chi connectivity index (χ0n) is 12.2. The van der Waals surface area contributed by atoms with E-state index in [1.807, 2.05) is 13.0 Å². The van der Waals surface area contributed by atoms with Gasteiger partial charge in [0.1, 0.15) is 11.6 Å². The van der Waals surface area contributed by atoms with Crippen molar-refractivity contribution in [2.24, 2.45) is 0 Å². The largest absolute Gasteiger partial charge is 0.338 e. The van der Waals surface area contributed by atoms with Gasteiger partial charge in [-0.1, -0.05) is 0 Å². The summed E-state index contributed by atoms with van der Waals surface area (Å²) in [6, 6.07) is 5.35. The van der Waals surface area contributed by atoms with Crippen molar-refractivity contribution in [3.05, 3.63) is 65.0 Å². The van der Waals surface area contributed by atoms with Gasteiger partial charge in [0, 0.05) is 43.9 Å². The zero-order valence-corrected chi connectivity index (χ0v) is 12.2. The third-order valence-electron chi connectivity index (χ3n) is 4.08. The Morgan fingerprint density at radius 3 is 2.68 bits per heavy atom. The number of carbonyl (C=O) groups is 1. The maximum absolute atomic E-state index is 13.3. The van der Waals surface area contributed by atoms with Crippen LogP contribution in [0.1, 0.15) is 29.0 Å². The highest BCUT2D eigenvalue weighted by atomic mass is 19.1. The standard InChI is InChI=1S/C17H16F2N2O/c1-11-2-3-20-8-14(11)10-21-9-13(6-17(21)22)12-4-15(18)7-16(19)5-12/h2-5,7-8,13H,6,9-10H2,1H3/t13-/m0/s1/i18-1. The summed E-state index contributed by atoms with van der Waals surface area (Å²) in [4.78, 5) is 18.0. The lowest BCUT2D eigenvalue weighted by molar-refractivity contribution is -0.128. The van der Waals surface area contributed by atoms with Crippen LogP contribution in [-0.2, 0) is 11.3 Å². The van der Waals surface area contributed by atoms with Crippen molar-refractivity contribution in [3.8, 4) is 0 Å². The molecule has 0 saturated carbocycles. The number of rotatable bonds is 3. The van der Waals surface area contributed by atoms with Gasteiger partial charge < -0.3 is 4.90 Å². The van der Waals surface area contributed by atoms with E-state index in [0.717, 1.165) is 17.2 Å². The highest BCUT2D eigenvalue weighted by Crippen LogP contribution is 2.30. The molecule has 5 heteroatoms. The van der Waals surface area contributed by atoms with Gasteiger partial charge in [0.2, 0.25) is 5.91 Å². The summed E-state index contributed by atoms with van der Waals surface area (Å²) in [6.07, 6.45) is 3.74. The van der Waals surface area contributed by atoms with Crippen LogP contribution in [0.2, 0.25) is 0 Å². The Hall–Kier alpha value is -2.30. The summed E-state index contributed by atoms with van der Waals surface area (Å²) in [5.41, 5.74) is 2.60. The number of pyridine rings is 1. The molecule has 114 valence electrons. The number of aromatic nitrogens is 1. The van der Waals surface area contributed by atoms with Gasteiger partial charge in [-0.25, -0.2) is 8.78 Å². The Bertz CT molecular complexity index is 697. The molecule has 2 heterocycles. The second-order valence-electron chi connectivity index (χ2n) is 5.68. The molecule has 0 N–H and O–H groups in total. The molecule has 1 amide bonds. The maximum Gasteiger partial charge on any atom is 0.223 e. The summed E-state index contributed by atoms with van der Waals surface area (Å²) in [5.74, 6) is -1.39. The number of nitrogens with zero attached hydrogens (tertiary/aromatic N) is 2. The molecule has 1 aliphatic heterocycles. The van der Waals surface area contributed by atoms with Crippen molar-refractivity contribution in [3.63, 3.8) is 0 Å². The van der Waals surface area contributed by atoms with Crippen LogP contribution in [0.25, 0.3) is 0 Å². The second kappa shape index (κ2) is 5.83. The van der Waals surface area contributed by atoms with Crippen LogP contribution in [-0.4, -0.2) is 22.3 Å². The number of benzene rings is 1. The van der Waals surface area contributed by atoms with E-state index < -0.39 is 11.6 Å². The van der Waals surface area contributed by atoms with E-state index in [1.54, 1.807) is 17.3 Å². The number of carbonyl (C=O) groups excluding carboxylic acids is 1. The number of aryl methyl sites for hydroxylation is 1. The van der Waals surface area contributed by atoms with Crippen LogP contribution >= 0.6 is 0 Å². The third-order valence-corrected chi connectivity index (χ3v) is 4.08. The van der Waals surface area contributed by atoms with Gasteiger partial charge in [0.15, 0.2) is 0 Å². The lowest BCUT2D eigenvalue weighted by atomic mass is 9.98. The molecule has 22 heavy (non-hydrogen) atoms. The molecular weight excluding hydrogens is 285 g/mol. The van der Waals surface area contributed by atoms with Crippen molar-refractivity contribution < 1.29 is 13.6 Å². The van der Waals surface area contributed by atoms with Crippen molar-refractivity contribution in [1.82, 2.24) is 9.88 Å². The topological polar surface area (TPSA) is 33.2 Å². The lowest BCUT2D eigenvalue weighted by Gasteiger charge is -2.18. The van der Waals surface area contributed by atoms with E-state index in [2.05, 4.69) is 4.98 Å². The predicted molar refractivity (Wildman–Crippen MR) is 78.1 cm³/mol. The number of hydrogen-bond donors (Lipinski definition) is 0. The minimum Gasteiger partial charge on any atom is -0.338 e. The second-order valence-corrected chi connectivity index (χ2v) is 5.68. The van der Waals surface area contributed by atoms with Gasteiger partial charge >= 0.3 is 0 Å². The molecule has 0 radical (unpaired) electrons. The first-order valence-electron chi connectivity index (χ1n) is 7.16. The molecule has 0 unspecified atom stereocenters. The van der Waals surface area contributed by atoms with Gasteiger partial charge in [-0.05, 0) is 41.8 Å². The normalized spacial score (nSPS) is 18.0. The molecular formula is C17H16F2N2O. The molecule has 3 rings (SSSR count).